The van der Waals surface area contributed by atoms with Gasteiger partial charge in [0.15, 0.2) is 0 Å². The van der Waals surface area contributed by atoms with Gasteiger partial charge in [-0.25, -0.2) is 4.39 Å². The summed E-state index contributed by atoms with van der Waals surface area (Å²) in [6.07, 6.45) is 0. The average Bonchev–Trinajstić information content (AvgIpc) is 2.41. The first-order chi connectivity index (χ1) is 9.51. The summed E-state index contributed by atoms with van der Waals surface area (Å²) in [4.78, 5) is 0. The molecule has 0 amide bonds. The van der Waals surface area contributed by atoms with Crippen molar-refractivity contribution in [3.63, 3.8) is 0 Å². The van der Waals surface area contributed by atoms with E-state index in [2.05, 4.69) is 37.2 Å². The van der Waals surface area contributed by atoms with Gasteiger partial charge < -0.3 is 10.1 Å². The Morgan fingerprint density at radius 1 is 1.15 bits per heavy atom. The molecule has 0 aromatic heterocycles. The first-order valence-corrected chi connectivity index (χ1v) is 7.62. The maximum absolute atomic E-state index is 13.5. The Morgan fingerprint density at radius 2 is 1.90 bits per heavy atom. The minimum atomic E-state index is -0.184. The fourth-order valence-corrected chi connectivity index (χ4v) is 3.06. The van der Waals surface area contributed by atoms with Crippen molar-refractivity contribution in [2.24, 2.45) is 0 Å². The predicted molar refractivity (Wildman–Crippen MR) is 86.9 cm³/mol. The second-order valence-corrected chi connectivity index (χ2v) is 6.11. The molecule has 0 aliphatic heterocycles. The molecule has 5 heteroatoms. The second-order valence-electron chi connectivity index (χ2n) is 4.40. The monoisotopic (exact) mass is 401 g/mol. The molecule has 0 atom stereocenters. The third-order valence-corrected chi connectivity index (χ3v) is 4.24. The SMILES string of the molecule is COc1cc(NCc2ccc(C)c(F)c2)c(Br)cc1Br. The second kappa shape index (κ2) is 6.59. The topological polar surface area (TPSA) is 21.3 Å². The first kappa shape index (κ1) is 15.3. The van der Waals surface area contributed by atoms with Crippen molar-refractivity contribution in [3.05, 3.63) is 56.2 Å². The number of hydrogen-bond donors (Lipinski definition) is 1. The number of halogens is 3. The predicted octanol–water partition coefficient (Wildman–Crippen LogP) is 5.28. The molecule has 2 aromatic rings. The number of hydrogen-bond acceptors (Lipinski definition) is 2. The molecule has 0 saturated carbocycles. The molecule has 2 rings (SSSR count). The smallest absolute Gasteiger partial charge is 0.135 e. The van der Waals surface area contributed by atoms with Gasteiger partial charge >= 0.3 is 0 Å². The van der Waals surface area contributed by atoms with E-state index in [0.29, 0.717) is 12.1 Å². The van der Waals surface area contributed by atoms with Crippen molar-refractivity contribution < 1.29 is 9.13 Å². The first-order valence-electron chi connectivity index (χ1n) is 6.03. The zero-order valence-electron chi connectivity index (χ0n) is 11.1. The van der Waals surface area contributed by atoms with Crippen LogP contribution in [0.25, 0.3) is 0 Å². The summed E-state index contributed by atoms with van der Waals surface area (Å²) in [5.41, 5.74) is 2.44. The number of ether oxygens (including phenoxy) is 1. The Bertz CT molecular complexity index is 632. The van der Waals surface area contributed by atoms with Gasteiger partial charge in [-0.3, -0.25) is 0 Å². The standard InChI is InChI=1S/C15H14Br2FNO/c1-9-3-4-10(5-13(9)18)8-19-14-7-15(20-2)12(17)6-11(14)16/h3-7,19H,8H2,1-2H3. The van der Waals surface area contributed by atoms with Gasteiger partial charge in [-0.05, 0) is 62.0 Å². The number of rotatable bonds is 4. The minimum Gasteiger partial charge on any atom is -0.495 e. The number of nitrogens with one attached hydrogen (secondary N) is 1. The lowest BCUT2D eigenvalue weighted by Crippen LogP contribution is -2.01. The summed E-state index contributed by atoms with van der Waals surface area (Å²) in [5.74, 6) is 0.558. The van der Waals surface area contributed by atoms with Crippen LogP contribution in [0, 0.1) is 12.7 Å². The van der Waals surface area contributed by atoms with Crippen molar-refractivity contribution in [1.29, 1.82) is 0 Å². The molecule has 0 heterocycles. The number of aryl methyl sites for hydroxylation is 1. The summed E-state index contributed by atoms with van der Waals surface area (Å²) in [7, 11) is 1.62. The van der Waals surface area contributed by atoms with Crippen molar-refractivity contribution in [2.45, 2.75) is 13.5 Å². The summed E-state index contributed by atoms with van der Waals surface area (Å²) in [5, 5.41) is 3.26. The van der Waals surface area contributed by atoms with Gasteiger partial charge in [0.25, 0.3) is 0 Å². The lowest BCUT2D eigenvalue weighted by molar-refractivity contribution is 0.412. The van der Waals surface area contributed by atoms with Crippen LogP contribution in [0.15, 0.2) is 39.3 Å². The van der Waals surface area contributed by atoms with E-state index in [1.54, 1.807) is 26.2 Å². The summed E-state index contributed by atoms with van der Waals surface area (Å²) in [6, 6.07) is 9.04. The van der Waals surface area contributed by atoms with E-state index >= 15 is 0 Å². The molecular weight excluding hydrogens is 389 g/mol. The van der Waals surface area contributed by atoms with Crippen LogP contribution in [0.4, 0.5) is 10.1 Å². The van der Waals surface area contributed by atoms with Gasteiger partial charge in [-0.1, -0.05) is 12.1 Å². The van der Waals surface area contributed by atoms with E-state index in [1.807, 2.05) is 18.2 Å². The molecule has 2 aromatic carbocycles. The molecule has 0 bridgehead atoms. The largest absolute Gasteiger partial charge is 0.495 e. The molecule has 20 heavy (non-hydrogen) atoms. The number of methoxy groups -OCH3 is 1. The van der Waals surface area contributed by atoms with Crippen LogP contribution < -0.4 is 10.1 Å². The van der Waals surface area contributed by atoms with Gasteiger partial charge in [0.1, 0.15) is 11.6 Å². The lowest BCUT2D eigenvalue weighted by atomic mass is 10.1. The molecule has 0 unspecified atom stereocenters. The highest BCUT2D eigenvalue weighted by Gasteiger charge is 2.07. The van der Waals surface area contributed by atoms with Crippen molar-refractivity contribution in [3.8, 4) is 5.75 Å². The Kier molecular flexibility index (Phi) is 5.05. The molecule has 0 saturated heterocycles. The summed E-state index contributed by atoms with van der Waals surface area (Å²) >= 11 is 6.91. The van der Waals surface area contributed by atoms with Crippen LogP contribution in [0.1, 0.15) is 11.1 Å². The molecule has 0 spiro atoms. The molecule has 2 nitrogen and oxygen atoms in total. The van der Waals surface area contributed by atoms with Crippen LogP contribution in [0.3, 0.4) is 0 Å². The van der Waals surface area contributed by atoms with Gasteiger partial charge in [-0.2, -0.15) is 0 Å². The normalized spacial score (nSPS) is 10.4. The minimum absolute atomic E-state index is 0.184. The van der Waals surface area contributed by atoms with E-state index < -0.39 is 0 Å². The zero-order chi connectivity index (χ0) is 14.7. The van der Waals surface area contributed by atoms with E-state index in [9.17, 15) is 4.39 Å². The zero-order valence-corrected chi connectivity index (χ0v) is 14.3. The maximum atomic E-state index is 13.5. The van der Waals surface area contributed by atoms with Crippen molar-refractivity contribution >= 4 is 37.5 Å². The molecule has 1 N–H and O–H groups in total. The van der Waals surface area contributed by atoms with Gasteiger partial charge in [0.2, 0.25) is 0 Å². The number of benzene rings is 2. The van der Waals surface area contributed by atoms with Crippen LogP contribution in [-0.4, -0.2) is 7.11 Å². The molecule has 106 valence electrons. The Labute approximate surface area is 134 Å². The molecular formula is C15H14Br2FNO. The molecule has 0 aliphatic rings. The van der Waals surface area contributed by atoms with E-state index in [-0.39, 0.29) is 5.82 Å². The third-order valence-electron chi connectivity index (χ3n) is 2.96. The average molecular weight is 403 g/mol. The van der Waals surface area contributed by atoms with Crippen molar-refractivity contribution in [2.75, 3.05) is 12.4 Å². The Morgan fingerprint density at radius 3 is 2.55 bits per heavy atom. The van der Waals surface area contributed by atoms with Gasteiger partial charge in [-0.15, -0.1) is 0 Å². The fourth-order valence-electron chi connectivity index (χ4n) is 1.76. The quantitative estimate of drug-likeness (QED) is 0.751. The highest BCUT2D eigenvalue weighted by molar-refractivity contribution is 9.11. The fraction of sp³-hybridized carbons (Fsp3) is 0.200. The molecule has 0 radical (unpaired) electrons. The van der Waals surface area contributed by atoms with E-state index in [4.69, 9.17) is 4.74 Å². The summed E-state index contributed by atoms with van der Waals surface area (Å²) < 4.78 is 20.5. The maximum Gasteiger partial charge on any atom is 0.135 e. The van der Waals surface area contributed by atoms with Gasteiger partial charge in [0.05, 0.1) is 17.3 Å². The lowest BCUT2D eigenvalue weighted by Gasteiger charge is -2.12. The number of anilines is 1. The molecule has 0 aliphatic carbocycles. The van der Waals surface area contributed by atoms with Crippen LogP contribution in [-0.2, 0) is 6.54 Å². The van der Waals surface area contributed by atoms with Gasteiger partial charge in [0, 0.05) is 17.1 Å². The van der Waals surface area contributed by atoms with Crippen LogP contribution >= 0.6 is 31.9 Å². The van der Waals surface area contributed by atoms with Crippen LogP contribution in [0.5, 0.6) is 5.75 Å². The van der Waals surface area contributed by atoms with E-state index in [1.165, 1.54) is 0 Å². The highest BCUT2D eigenvalue weighted by atomic mass is 79.9. The highest BCUT2D eigenvalue weighted by Crippen LogP contribution is 2.34. The summed E-state index contributed by atoms with van der Waals surface area (Å²) in [6.45, 7) is 2.29. The van der Waals surface area contributed by atoms with E-state index in [0.717, 1.165) is 25.9 Å². The Hall–Kier alpha value is -1.07. The van der Waals surface area contributed by atoms with Crippen LogP contribution in [0.2, 0.25) is 0 Å². The Balaban J connectivity index is 2.16. The van der Waals surface area contributed by atoms with Crippen molar-refractivity contribution in [1.82, 2.24) is 0 Å². The third kappa shape index (κ3) is 3.52. The molecule has 0 fully saturated rings.